The summed E-state index contributed by atoms with van der Waals surface area (Å²) in [6.45, 7) is 6.31. The number of hydrogen-bond acceptors (Lipinski definition) is 1. The quantitative estimate of drug-likeness (QED) is 0.738. The van der Waals surface area contributed by atoms with Crippen LogP contribution in [0, 0.1) is 20.8 Å². The predicted octanol–water partition coefficient (Wildman–Crippen LogP) is 4.57. The number of aryl methyl sites for hydroxylation is 3. The SMILES string of the molecule is Cc1ccc(-c2ccc(CBr)c(C)n2)c(C)c1. The van der Waals surface area contributed by atoms with Gasteiger partial charge in [-0.3, -0.25) is 4.98 Å². The van der Waals surface area contributed by atoms with E-state index in [0.717, 1.165) is 16.7 Å². The van der Waals surface area contributed by atoms with Crippen molar-refractivity contribution in [3.8, 4) is 11.3 Å². The molecule has 2 aromatic rings. The van der Waals surface area contributed by atoms with Gasteiger partial charge in [-0.2, -0.15) is 0 Å². The van der Waals surface area contributed by atoms with E-state index in [0.29, 0.717) is 0 Å². The van der Waals surface area contributed by atoms with E-state index < -0.39 is 0 Å². The Hall–Kier alpha value is -1.15. The molecule has 0 radical (unpaired) electrons. The van der Waals surface area contributed by atoms with E-state index in [1.807, 2.05) is 0 Å². The average molecular weight is 290 g/mol. The minimum Gasteiger partial charge on any atom is -0.253 e. The zero-order chi connectivity index (χ0) is 12.4. The van der Waals surface area contributed by atoms with E-state index in [1.54, 1.807) is 0 Å². The molecule has 1 nitrogen and oxygen atoms in total. The maximum absolute atomic E-state index is 4.67. The lowest BCUT2D eigenvalue weighted by molar-refractivity contribution is 1.14. The zero-order valence-corrected chi connectivity index (χ0v) is 12.0. The number of rotatable bonds is 2. The van der Waals surface area contributed by atoms with E-state index >= 15 is 0 Å². The van der Waals surface area contributed by atoms with Gasteiger partial charge in [0.2, 0.25) is 0 Å². The van der Waals surface area contributed by atoms with E-state index in [2.05, 4.69) is 72.0 Å². The van der Waals surface area contributed by atoms with Crippen LogP contribution >= 0.6 is 15.9 Å². The highest BCUT2D eigenvalue weighted by Crippen LogP contribution is 2.24. The number of alkyl halides is 1. The smallest absolute Gasteiger partial charge is 0.0708 e. The molecule has 0 unspecified atom stereocenters. The largest absolute Gasteiger partial charge is 0.253 e. The summed E-state index contributed by atoms with van der Waals surface area (Å²) in [7, 11) is 0. The molecule has 0 fully saturated rings. The first-order valence-electron chi connectivity index (χ1n) is 5.72. The molecular weight excluding hydrogens is 274 g/mol. The van der Waals surface area contributed by atoms with Crippen molar-refractivity contribution in [2.75, 3.05) is 0 Å². The van der Waals surface area contributed by atoms with Gasteiger partial charge in [-0.05, 0) is 38.0 Å². The van der Waals surface area contributed by atoms with Gasteiger partial charge in [0.25, 0.3) is 0 Å². The summed E-state index contributed by atoms with van der Waals surface area (Å²) in [5, 5.41) is 0.860. The Morgan fingerprint density at radius 1 is 1.06 bits per heavy atom. The topological polar surface area (TPSA) is 12.9 Å². The molecule has 0 aliphatic rings. The summed E-state index contributed by atoms with van der Waals surface area (Å²) in [5.74, 6) is 0. The summed E-state index contributed by atoms with van der Waals surface area (Å²) < 4.78 is 0. The van der Waals surface area contributed by atoms with E-state index in [1.165, 1.54) is 22.3 Å². The summed E-state index contributed by atoms with van der Waals surface area (Å²) in [6, 6.07) is 10.7. The second kappa shape index (κ2) is 5.01. The molecule has 0 amide bonds. The Kier molecular flexibility index (Phi) is 3.63. The average Bonchev–Trinajstić information content (AvgIpc) is 2.29. The molecule has 2 heteroatoms. The second-order valence-electron chi connectivity index (χ2n) is 4.39. The molecule has 17 heavy (non-hydrogen) atoms. The van der Waals surface area contributed by atoms with Crippen molar-refractivity contribution in [1.82, 2.24) is 4.98 Å². The molecular formula is C15H16BrN. The zero-order valence-electron chi connectivity index (χ0n) is 10.4. The lowest BCUT2D eigenvalue weighted by atomic mass is 10.0. The van der Waals surface area contributed by atoms with Crippen molar-refractivity contribution >= 4 is 15.9 Å². The molecule has 0 aliphatic heterocycles. The number of pyridine rings is 1. The molecule has 0 saturated heterocycles. The van der Waals surface area contributed by atoms with Crippen LogP contribution in [0.15, 0.2) is 30.3 Å². The molecule has 0 spiro atoms. The number of nitrogens with zero attached hydrogens (tertiary/aromatic N) is 1. The molecule has 88 valence electrons. The van der Waals surface area contributed by atoms with Gasteiger partial charge in [0.15, 0.2) is 0 Å². The summed E-state index contributed by atoms with van der Waals surface area (Å²) >= 11 is 3.47. The van der Waals surface area contributed by atoms with Crippen LogP contribution in [0.2, 0.25) is 0 Å². The Labute approximate surface area is 111 Å². The molecule has 0 aliphatic carbocycles. The molecule has 0 N–H and O–H groups in total. The van der Waals surface area contributed by atoms with Gasteiger partial charge in [0.1, 0.15) is 0 Å². The molecule has 1 heterocycles. The van der Waals surface area contributed by atoms with Crippen LogP contribution in [0.5, 0.6) is 0 Å². The maximum Gasteiger partial charge on any atom is 0.0708 e. The second-order valence-corrected chi connectivity index (χ2v) is 4.95. The first-order chi connectivity index (χ1) is 8.11. The fourth-order valence-electron chi connectivity index (χ4n) is 1.98. The van der Waals surface area contributed by atoms with Gasteiger partial charge in [-0.1, -0.05) is 45.8 Å². The van der Waals surface area contributed by atoms with Gasteiger partial charge in [-0.25, -0.2) is 0 Å². The van der Waals surface area contributed by atoms with Crippen molar-refractivity contribution in [2.45, 2.75) is 26.1 Å². The van der Waals surface area contributed by atoms with E-state index in [9.17, 15) is 0 Å². The number of hydrogen-bond donors (Lipinski definition) is 0. The lowest BCUT2D eigenvalue weighted by Gasteiger charge is -2.09. The van der Waals surface area contributed by atoms with Crippen molar-refractivity contribution in [2.24, 2.45) is 0 Å². The van der Waals surface area contributed by atoms with Gasteiger partial charge in [-0.15, -0.1) is 0 Å². The first kappa shape index (κ1) is 12.3. The first-order valence-corrected chi connectivity index (χ1v) is 6.84. The normalized spacial score (nSPS) is 10.6. The molecule has 1 aromatic carbocycles. The summed E-state index contributed by atoms with van der Waals surface area (Å²) in [6.07, 6.45) is 0. The number of halogens is 1. The summed E-state index contributed by atoms with van der Waals surface area (Å²) in [4.78, 5) is 4.67. The fourth-order valence-corrected chi connectivity index (χ4v) is 2.57. The lowest BCUT2D eigenvalue weighted by Crippen LogP contribution is -1.94. The van der Waals surface area contributed by atoms with Crippen LogP contribution in [-0.2, 0) is 5.33 Å². The van der Waals surface area contributed by atoms with Crippen molar-refractivity contribution < 1.29 is 0 Å². The summed E-state index contributed by atoms with van der Waals surface area (Å²) in [5.41, 5.74) is 7.20. The maximum atomic E-state index is 4.67. The fraction of sp³-hybridized carbons (Fsp3) is 0.267. The van der Waals surface area contributed by atoms with Crippen LogP contribution < -0.4 is 0 Å². The highest BCUT2D eigenvalue weighted by molar-refractivity contribution is 9.08. The van der Waals surface area contributed by atoms with Crippen LogP contribution in [0.3, 0.4) is 0 Å². The third-order valence-corrected chi connectivity index (χ3v) is 3.60. The monoisotopic (exact) mass is 289 g/mol. The Morgan fingerprint density at radius 3 is 2.41 bits per heavy atom. The van der Waals surface area contributed by atoms with E-state index in [-0.39, 0.29) is 0 Å². The predicted molar refractivity (Wildman–Crippen MR) is 76.5 cm³/mol. The third-order valence-electron chi connectivity index (χ3n) is 3.00. The third kappa shape index (κ3) is 2.58. The minimum absolute atomic E-state index is 0.860. The van der Waals surface area contributed by atoms with Crippen LogP contribution in [-0.4, -0.2) is 4.98 Å². The molecule has 0 bridgehead atoms. The Morgan fingerprint density at radius 2 is 1.82 bits per heavy atom. The minimum atomic E-state index is 0.860. The Balaban J connectivity index is 2.50. The molecule has 0 saturated carbocycles. The highest BCUT2D eigenvalue weighted by atomic mass is 79.9. The van der Waals surface area contributed by atoms with E-state index in [4.69, 9.17) is 0 Å². The highest BCUT2D eigenvalue weighted by Gasteiger charge is 2.05. The molecule has 2 rings (SSSR count). The standard InChI is InChI=1S/C15H16BrN/c1-10-4-6-14(11(2)8-10)15-7-5-13(9-16)12(3)17-15/h4-8H,9H2,1-3H3. The van der Waals surface area contributed by atoms with Crippen molar-refractivity contribution in [3.05, 3.63) is 52.7 Å². The molecule has 0 atom stereocenters. The molecule has 1 aromatic heterocycles. The van der Waals surface area contributed by atoms with Crippen LogP contribution in [0.1, 0.15) is 22.4 Å². The van der Waals surface area contributed by atoms with Gasteiger partial charge in [0.05, 0.1) is 5.69 Å². The van der Waals surface area contributed by atoms with Gasteiger partial charge < -0.3 is 0 Å². The van der Waals surface area contributed by atoms with Gasteiger partial charge in [0, 0.05) is 16.6 Å². The number of benzene rings is 1. The van der Waals surface area contributed by atoms with Gasteiger partial charge >= 0.3 is 0 Å². The van der Waals surface area contributed by atoms with Crippen LogP contribution in [0.25, 0.3) is 11.3 Å². The number of aromatic nitrogens is 1. The Bertz CT molecular complexity index is 547. The van der Waals surface area contributed by atoms with Crippen molar-refractivity contribution in [3.63, 3.8) is 0 Å². The van der Waals surface area contributed by atoms with Crippen molar-refractivity contribution in [1.29, 1.82) is 0 Å². The van der Waals surface area contributed by atoms with Crippen LogP contribution in [0.4, 0.5) is 0 Å².